The van der Waals surface area contributed by atoms with E-state index in [2.05, 4.69) is 56.7 Å². The van der Waals surface area contributed by atoms with Crippen molar-refractivity contribution < 1.29 is 6.22 Å². The summed E-state index contributed by atoms with van der Waals surface area (Å²) in [6.45, 7) is 29.5. The summed E-state index contributed by atoms with van der Waals surface area (Å²) in [7, 11) is 9.99. The minimum atomic E-state index is 0. The second-order valence-electron chi connectivity index (χ2n) is 4.78. The number of alkyl halides is 1. The first-order valence-corrected chi connectivity index (χ1v) is 17.0. The van der Waals surface area contributed by atoms with E-state index in [-0.39, 0.29) is 7.21 Å². The molecule has 0 amide bonds. The van der Waals surface area contributed by atoms with E-state index in [1.54, 1.807) is 49.6 Å². The molecule has 0 aliphatic rings. The summed E-state index contributed by atoms with van der Waals surface area (Å²) in [6, 6.07) is 7.33. The number of H-pyrrole nitrogens is 4. The second kappa shape index (κ2) is 106. The Bertz CT molecular complexity index is 532. The predicted octanol–water partition coefficient (Wildman–Crippen LogP) is 10.6. The number of carbonyl (C=O) groups excluding carboxylic acids is 1. The van der Waals surface area contributed by atoms with Crippen molar-refractivity contribution in [1.82, 2.24) is 40.8 Å². The molecule has 0 aliphatic carbocycles. The number of halogens is 1. The molecule has 0 fully saturated rings. The highest BCUT2D eigenvalue weighted by Gasteiger charge is 1.83. The van der Waals surface area contributed by atoms with Gasteiger partial charge in [-0.3, -0.25) is 20.4 Å². The maximum absolute atomic E-state index is 9.96. The molecule has 0 aromatic carbocycles. The van der Waals surface area contributed by atoms with E-state index in [9.17, 15) is 4.79 Å². The molecule has 4 radical (unpaired) electrons. The van der Waals surface area contributed by atoms with Crippen LogP contribution in [0.4, 0.5) is 0 Å². The molecule has 0 spiro atoms. The molecule has 0 saturated carbocycles. The number of carbonyl (C=O) groups is 1. The summed E-state index contributed by atoms with van der Waals surface area (Å²) in [5.41, 5.74) is 0. The van der Waals surface area contributed by atoms with Gasteiger partial charge in [-0.2, -0.15) is 20.4 Å². The van der Waals surface area contributed by atoms with Gasteiger partial charge in [0.25, 0.3) is 0 Å². The van der Waals surface area contributed by atoms with E-state index in [0.29, 0.717) is 12.7 Å². The number of Topliss-reactive ketones (excluding diaryl/α,β-unsaturated/α-hetero) is 1. The fourth-order valence-corrected chi connectivity index (χ4v) is 1.06. The van der Waals surface area contributed by atoms with Gasteiger partial charge in [0.15, 0.2) is 0 Å². The number of hydrogen-bond acceptors (Lipinski definition) is 5. The van der Waals surface area contributed by atoms with E-state index < -0.39 is 0 Å². The average molecular weight is 686 g/mol. The lowest BCUT2D eigenvalue weighted by Gasteiger charge is -1.80. The molecule has 0 atom stereocenters. The SMILES string of the molecule is CC.CC.CC.CC.CC.CC.CC.[B]CCBr.[B]CCC(C)=O.[HH].c1cn[nH]c1.c1cn[nH]c1.c1cn[nH]c1.c1cn[nH]c1. The lowest BCUT2D eigenvalue weighted by molar-refractivity contribution is -0.116. The average Bonchev–Trinajstić information content (AvgIpc) is 3.98. The molecule has 0 unspecified atom stereocenters. The van der Waals surface area contributed by atoms with Crippen LogP contribution in [0.3, 0.4) is 0 Å². The number of nitrogens with one attached hydrogen (secondary N) is 4. The summed E-state index contributed by atoms with van der Waals surface area (Å²) in [5.74, 6) is 0.164. The van der Waals surface area contributed by atoms with Crippen LogP contribution in [0.1, 0.15) is 112 Å². The van der Waals surface area contributed by atoms with Crippen LogP contribution in [0, 0.1) is 0 Å². The molecule has 4 aromatic rings. The Morgan fingerprint density at radius 1 is 0.545 bits per heavy atom. The van der Waals surface area contributed by atoms with E-state index in [0.717, 1.165) is 11.7 Å². The van der Waals surface area contributed by atoms with E-state index >= 15 is 0 Å². The summed E-state index contributed by atoms with van der Waals surface area (Å²) in [6.07, 6.45) is 15.6. The molecule has 4 N–H and O–H groups in total. The van der Waals surface area contributed by atoms with Gasteiger partial charge in [-0.25, -0.2) is 0 Å². The molecule has 12 heteroatoms. The number of ketones is 1. The van der Waals surface area contributed by atoms with Crippen molar-refractivity contribution in [2.24, 2.45) is 0 Å². The third-order valence-corrected chi connectivity index (χ3v) is 2.69. The van der Waals surface area contributed by atoms with Crippen LogP contribution in [-0.2, 0) is 4.79 Å². The van der Waals surface area contributed by atoms with Crippen LogP contribution in [0.15, 0.2) is 73.8 Å². The number of aromatic nitrogens is 8. The number of nitrogens with zero attached hydrogens (tertiary/aromatic N) is 4. The number of rotatable bonds is 3. The normalized spacial score (nSPS) is 6.36. The van der Waals surface area contributed by atoms with Crippen molar-refractivity contribution in [3.05, 3.63) is 73.8 Å². The second-order valence-corrected chi connectivity index (χ2v) is 5.58. The largest absolute Gasteiger partial charge is 0.300 e. The molecule has 4 aromatic heterocycles. The van der Waals surface area contributed by atoms with Crippen molar-refractivity contribution in [2.75, 3.05) is 5.33 Å². The van der Waals surface area contributed by atoms with E-state index in [4.69, 9.17) is 15.7 Å². The molecular formula is C32H71B2BrN8O. The monoisotopic (exact) mass is 685 g/mol. The van der Waals surface area contributed by atoms with E-state index in [1.807, 2.05) is 121 Å². The summed E-state index contributed by atoms with van der Waals surface area (Å²) in [5, 5.41) is 25.7. The van der Waals surface area contributed by atoms with Gasteiger partial charge in [-0.05, 0) is 42.9 Å². The fraction of sp³-hybridized carbons (Fsp3) is 0.594. The zero-order chi connectivity index (χ0) is 36.5. The first-order chi connectivity index (χ1) is 21.7. The maximum atomic E-state index is 9.96. The fourth-order valence-electron chi connectivity index (χ4n) is 1.06. The predicted molar refractivity (Wildman–Crippen MR) is 206 cm³/mol. The maximum Gasteiger partial charge on any atom is 0.129 e. The van der Waals surface area contributed by atoms with Gasteiger partial charge in [0.1, 0.15) is 5.78 Å². The Kier molecular flexibility index (Phi) is 154. The quantitative estimate of drug-likeness (QED) is 0.126. The Labute approximate surface area is 285 Å². The summed E-state index contributed by atoms with van der Waals surface area (Å²) >= 11 is 3.12. The van der Waals surface area contributed by atoms with Crippen molar-refractivity contribution in [3.63, 3.8) is 0 Å². The molecule has 9 nitrogen and oxygen atoms in total. The summed E-state index contributed by atoms with van der Waals surface area (Å²) in [4.78, 5) is 9.96. The molecule has 258 valence electrons. The van der Waals surface area contributed by atoms with Crippen LogP contribution in [0.25, 0.3) is 0 Å². The Morgan fingerprint density at radius 3 is 0.773 bits per heavy atom. The molecular weight excluding hydrogens is 614 g/mol. The Hall–Kier alpha value is -2.88. The van der Waals surface area contributed by atoms with Crippen LogP contribution in [-0.4, -0.2) is 67.6 Å². The van der Waals surface area contributed by atoms with Crippen LogP contribution >= 0.6 is 15.9 Å². The highest BCUT2D eigenvalue weighted by atomic mass is 79.9. The van der Waals surface area contributed by atoms with Crippen LogP contribution in [0.5, 0.6) is 0 Å². The molecule has 0 bridgehead atoms. The molecule has 44 heavy (non-hydrogen) atoms. The first kappa shape index (κ1) is 64.2. The van der Waals surface area contributed by atoms with Gasteiger partial charge in [0.05, 0.1) is 15.7 Å². The molecule has 4 heterocycles. The van der Waals surface area contributed by atoms with Crippen molar-refractivity contribution in [1.29, 1.82) is 0 Å². The third kappa shape index (κ3) is 127. The minimum absolute atomic E-state index is 0. The lowest BCUT2D eigenvalue weighted by Crippen LogP contribution is -1.85. The number of hydrogen-bond donors (Lipinski definition) is 4. The van der Waals surface area contributed by atoms with Crippen molar-refractivity contribution in [3.8, 4) is 0 Å². The highest BCUT2D eigenvalue weighted by molar-refractivity contribution is 9.09. The highest BCUT2D eigenvalue weighted by Crippen LogP contribution is 1.82. The minimum Gasteiger partial charge on any atom is -0.300 e. The first-order valence-electron chi connectivity index (χ1n) is 15.9. The Balaban J connectivity index is -0.0000000378. The topological polar surface area (TPSA) is 132 Å². The van der Waals surface area contributed by atoms with Crippen LogP contribution < -0.4 is 0 Å². The molecule has 0 aliphatic heterocycles. The summed E-state index contributed by atoms with van der Waals surface area (Å²) < 4.78 is 0. The van der Waals surface area contributed by atoms with Gasteiger partial charge in [0, 0.05) is 51.0 Å². The number of aromatic amines is 4. The zero-order valence-corrected chi connectivity index (χ0v) is 32.6. The van der Waals surface area contributed by atoms with Crippen molar-refractivity contribution in [2.45, 2.75) is 123 Å². The zero-order valence-electron chi connectivity index (χ0n) is 31.0. The smallest absolute Gasteiger partial charge is 0.129 e. The third-order valence-electron chi connectivity index (χ3n) is 2.23. The van der Waals surface area contributed by atoms with Crippen LogP contribution in [0.2, 0.25) is 12.6 Å². The van der Waals surface area contributed by atoms with Gasteiger partial charge in [0.2, 0.25) is 0 Å². The van der Waals surface area contributed by atoms with Gasteiger partial charge in [-0.1, -0.05) is 126 Å². The van der Waals surface area contributed by atoms with Gasteiger partial charge >= 0.3 is 0 Å². The lowest BCUT2D eigenvalue weighted by atomic mass is 10.0. The van der Waals surface area contributed by atoms with Gasteiger partial charge < -0.3 is 4.79 Å². The van der Waals surface area contributed by atoms with Crippen molar-refractivity contribution >= 4 is 37.4 Å². The Morgan fingerprint density at radius 2 is 0.750 bits per heavy atom. The standard InChI is InChI=1S/C4H7BO.4C3H4N2.C2H4BBr.7C2H6.H2/c1-4(6)2-3-5;4*1-2-4-5-3-1;3-1-2-4;7*1-2;/h2-3H2,1H3;4*1-3H,(H,4,5);1-2H2;7*1-2H3;1H. The molecule has 4 rings (SSSR count). The van der Waals surface area contributed by atoms with E-state index in [1.165, 1.54) is 6.92 Å². The van der Waals surface area contributed by atoms with Gasteiger partial charge in [-0.15, -0.1) is 0 Å². The molecule has 0 saturated heterocycles.